The van der Waals surface area contributed by atoms with Gasteiger partial charge < -0.3 is 20.6 Å². The molecule has 2 rings (SSSR count). The summed E-state index contributed by atoms with van der Waals surface area (Å²) >= 11 is 0. The molecule has 6 heteroatoms. The number of hydrogen-bond acceptors (Lipinski definition) is 5. The predicted octanol–water partition coefficient (Wildman–Crippen LogP) is 1.04. The lowest BCUT2D eigenvalue weighted by Crippen LogP contribution is -2.26. The van der Waals surface area contributed by atoms with Crippen LogP contribution in [0.3, 0.4) is 0 Å². The first kappa shape index (κ1) is 13.6. The van der Waals surface area contributed by atoms with Gasteiger partial charge in [0.2, 0.25) is 5.88 Å². The summed E-state index contributed by atoms with van der Waals surface area (Å²) < 4.78 is 5.66. The summed E-state index contributed by atoms with van der Waals surface area (Å²) in [7, 11) is 2.14. The highest BCUT2D eigenvalue weighted by Gasteiger charge is 2.20. The van der Waals surface area contributed by atoms with E-state index in [2.05, 4.69) is 22.1 Å². The summed E-state index contributed by atoms with van der Waals surface area (Å²) in [6, 6.07) is 4.03. The van der Waals surface area contributed by atoms with E-state index in [4.69, 9.17) is 15.7 Å². The van der Waals surface area contributed by atoms with Gasteiger partial charge in [-0.3, -0.25) is 0 Å². The Morgan fingerprint density at radius 3 is 3.21 bits per heavy atom. The van der Waals surface area contributed by atoms with E-state index in [1.807, 2.05) is 0 Å². The number of rotatable bonds is 5. The molecule has 1 atom stereocenters. The number of aromatic nitrogens is 1. The van der Waals surface area contributed by atoms with Crippen molar-refractivity contribution in [1.29, 1.82) is 0 Å². The molecule has 2 heterocycles. The van der Waals surface area contributed by atoms with E-state index in [1.54, 1.807) is 18.3 Å². The summed E-state index contributed by atoms with van der Waals surface area (Å²) in [5.41, 5.74) is 6.10. The molecular formula is C13H20N4O2. The van der Waals surface area contributed by atoms with Crippen molar-refractivity contribution < 1.29 is 9.94 Å². The minimum Gasteiger partial charge on any atom is -0.477 e. The van der Waals surface area contributed by atoms with Gasteiger partial charge in [-0.15, -0.1) is 0 Å². The van der Waals surface area contributed by atoms with Crippen molar-refractivity contribution in [1.82, 2.24) is 9.88 Å². The fourth-order valence-corrected chi connectivity index (χ4v) is 2.39. The normalized spacial score (nSPS) is 20.7. The average molecular weight is 264 g/mol. The second-order valence-corrected chi connectivity index (χ2v) is 4.76. The molecule has 104 valence electrons. The van der Waals surface area contributed by atoms with Crippen LogP contribution in [0.1, 0.15) is 24.8 Å². The van der Waals surface area contributed by atoms with Gasteiger partial charge in [-0.25, -0.2) is 4.98 Å². The fraction of sp³-hybridized carbons (Fsp3) is 0.538. The Morgan fingerprint density at radius 1 is 1.68 bits per heavy atom. The fourth-order valence-electron chi connectivity index (χ4n) is 2.39. The van der Waals surface area contributed by atoms with Gasteiger partial charge in [-0.05, 0) is 45.0 Å². The van der Waals surface area contributed by atoms with E-state index in [1.165, 1.54) is 12.8 Å². The van der Waals surface area contributed by atoms with Gasteiger partial charge in [0.25, 0.3) is 0 Å². The topological polar surface area (TPSA) is 84.0 Å². The van der Waals surface area contributed by atoms with Crippen molar-refractivity contribution in [3.8, 4) is 5.88 Å². The third-order valence-electron chi connectivity index (χ3n) is 3.52. The Bertz CT molecular complexity index is 450. The molecule has 3 N–H and O–H groups in total. The van der Waals surface area contributed by atoms with Gasteiger partial charge in [0.15, 0.2) is 5.84 Å². The van der Waals surface area contributed by atoms with Crippen molar-refractivity contribution in [2.45, 2.75) is 25.3 Å². The third-order valence-corrected chi connectivity index (χ3v) is 3.52. The van der Waals surface area contributed by atoms with E-state index >= 15 is 0 Å². The molecule has 1 fully saturated rings. The van der Waals surface area contributed by atoms with Gasteiger partial charge >= 0.3 is 0 Å². The summed E-state index contributed by atoms with van der Waals surface area (Å²) in [4.78, 5) is 6.48. The molecule has 0 aromatic carbocycles. The van der Waals surface area contributed by atoms with Crippen molar-refractivity contribution in [3.63, 3.8) is 0 Å². The Morgan fingerprint density at radius 2 is 2.53 bits per heavy atom. The molecule has 0 spiro atoms. The van der Waals surface area contributed by atoms with Crippen molar-refractivity contribution >= 4 is 5.84 Å². The monoisotopic (exact) mass is 264 g/mol. The summed E-state index contributed by atoms with van der Waals surface area (Å²) in [6.07, 6.45) is 5.06. The molecule has 1 aliphatic heterocycles. The lowest BCUT2D eigenvalue weighted by atomic mass is 10.1. The van der Waals surface area contributed by atoms with Crippen molar-refractivity contribution in [2.24, 2.45) is 10.9 Å². The van der Waals surface area contributed by atoms with Crippen molar-refractivity contribution in [3.05, 3.63) is 23.9 Å². The van der Waals surface area contributed by atoms with Crippen LogP contribution in [-0.2, 0) is 0 Å². The van der Waals surface area contributed by atoms with E-state index in [9.17, 15) is 0 Å². The molecule has 0 bridgehead atoms. The number of nitrogens with two attached hydrogens (primary N) is 1. The average Bonchev–Trinajstić information content (AvgIpc) is 2.84. The lowest BCUT2D eigenvalue weighted by molar-refractivity contribution is 0.228. The number of oxime groups is 1. The second-order valence-electron chi connectivity index (χ2n) is 4.76. The quantitative estimate of drug-likeness (QED) is 0.359. The smallest absolute Gasteiger partial charge is 0.224 e. The molecule has 6 nitrogen and oxygen atoms in total. The Balaban J connectivity index is 1.92. The largest absolute Gasteiger partial charge is 0.477 e. The zero-order valence-corrected chi connectivity index (χ0v) is 11.1. The minimum atomic E-state index is 0.0149. The maximum atomic E-state index is 8.72. The highest BCUT2D eigenvalue weighted by molar-refractivity contribution is 5.98. The van der Waals surface area contributed by atoms with Gasteiger partial charge in [0.05, 0.1) is 12.2 Å². The highest BCUT2D eigenvalue weighted by Crippen LogP contribution is 2.19. The molecular weight excluding hydrogens is 244 g/mol. The van der Waals surface area contributed by atoms with Gasteiger partial charge in [-0.1, -0.05) is 5.16 Å². The molecule has 1 aromatic heterocycles. The van der Waals surface area contributed by atoms with E-state index in [-0.39, 0.29) is 5.84 Å². The molecule has 1 aliphatic rings. The Kier molecular flexibility index (Phi) is 4.57. The molecule has 1 saturated heterocycles. The number of amidine groups is 1. The van der Waals surface area contributed by atoms with Gasteiger partial charge in [0.1, 0.15) is 0 Å². The molecule has 0 saturated carbocycles. The van der Waals surface area contributed by atoms with Crippen LogP contribution in [0.15, 0.2) is 23.5 Å². The SMILES string of the molecule is CN1CCCC1CCOc1ncccc1/C(N)=N/O. The zero-order valence-electron chi connectivity index (χ0n) is 11.1. The maximum absolute atomic E-state index is 8.72. The summed E-state index contributed by atoms with van der Waals surface area (Å²) in [6.45, 7) is 1.74. The molecule has 1 aromatic rings. The first-order valence-corrected chi connectivity index (χ1v) is 6.48. The summed E-state index contributed by atoms with van der Waals surface area (Å²) in [5.74, 6) is 0.430. The van der Waals surface area contributed by atoms with Crippen LogP contribution in [0.25, 0.3) is 0 Å². The molecule has 19 heavy (non-hydrogen) atoms. The molecule has 0 radical (unpaired) electrons. The van der Waals surface area contributed by atoms with Crippen LogP contribution in [0, 0.1) is 0 Å². The van der Waals surface area contributed by atoms with Crippen LogP contribution in [0.5, 0.6) is 5.88 Å². The molecule has 1 unspecified atom stereocenters. The van der Waals surface area contributed by atoms with Gasteiger partial charge in [0, 0.05) is 12.2 Å². The van der Waals surface area contributed by atoms with E-state index < -0.39 is 0 Å². The van der Waals surface area contributed by atoms with Crippen molar-refractivity contribution in [2.75, 3.05) is 20.2 Å². The number of nitrogens with zero attached hydrogens (tertiary/aromatic N) is 3. The van der Waals surface area contributed by atoms with Gasteiger partial charge in [-0.2, -0.15) is 0 Å². The van der Waals surface area contributed by atoms with E-state index in [0.29, 0.717) is 24.1 Å². The van der Waals surface area contributed by atoms with E-state index in [0.717, 1.165) is 13.0 Å². The molecule has 0 aliphatic carbocycles. The Labute approximate surface area is 112 Å². The van der Waals surface area contributed by atoms with Crippen LogP contribution in [0.2, 0.25) is 0 Å². The predicted molar refractivity (Wildman–Crippen MR) is 72.5 cm³/mol. The minimum absolute atomic E-state index is 0.0149. The maximum Gasteiger partial charge on any atom is 0.224 e. The number of ether oxygens (including phenoxy) is 1. The number of pyridine rings is 1. The third kappa shape index (κ3) is 3.35. The lowest BCUT2D eigenvalue weighted by Gasteiger charge is -2.19. The zero-order chi connectivity index (χ0) is 13.7. The number of hydrogen-bond donors (Lipinski definition) is 2. The molecule has 0 amide bonds. The first-order chi connectivity index (χ1) is 9.22. The summed E-state index contributed by atoms with van der Waals surface area (Å²) in [5, 5.41) is 11.7. The second kappa shape index (κ2) is 6.38. The van der Waals surface area contributed by atoms with Crippen LogP contribution < -0.4 is 10.5 Å². The highest BCUT2D eigenvalue weighted by atomic mass is 16.5. The van der Waals surface area contributed by atoms with Crippen LogP contribution >= 0.6 is 0 Å². The standard InChI is InChI=1S/C13H20N4O2/c1-17-8-3-4-10(17)6-9-19-13-11(12(14)16-18)5-2-7-15-13/h2,5,7,10,18H,3-4,6,8-9H2,1H3,(H2,14,16). The number of likely N-dealkylation sites (tertiary alicyclic amines) is 1. The van der Waals surface area contributed by atoms with Crippen LogP contribution in [0.4, 0.5) is 0 Å². The Hall–Kier alpha value is -1.82. The van der Waals surface area contributed by atoms with Crippen LogP contribution in [-0.4, -0.2) is 47.2 Å². The first-order valence-electron chi connectivity index (χ1n) is 6.48.